The fourth-order valence-electron chi connectivity index (χ4n) is 5.28. The van der Waals surface area contributed by atoms with Crippen LogP contribution in [0.1, 0.15) is 38.4 Å². The molecule has 0 spiro atoms. The minimum absolute atomic E-state index is 0.592. The summed E-state index contributed by atoms with van der Waals surface area (Å²) in [5, 5.41) is -7.27. The summed E-state index contributed by atoms with van der Waals surface area (Å²) in [7, 11) is 0. The third kappa shape index (κ3) is 3.85. The summed E-state index contributed by atoms with van der Waals surface area (Å²) in [5.74, 6) is 0. The van der Waals surface area contributed by atoms with Crippen molar-refractivity contribution >= 4 is 53.9 Å². The molecular formula is C44H28. The average molecular weight is 585 g/mol. The summed E-state index contributed by atoms with van der Waals surface area (Å²) >= 11 is 0. The Bertz CT molecular complexity index is 4090. The van der Waals surface area contributed by atoms with E-state index < -0.39 is 256 Å². The first-order chi connectivity index (χ1) is 33.5. The number of hydrogen-bond acceptors (Lipinski definition) is 0. The molecule has 204 valence electrons. The van der Waals surface area contributed by atoms with Crippen LogP contribution in [0.25, 0.3) is 87.2 Å². The topological polar surface area (TPSA) is 0 Å². The molecule has 44 heavy (non-hydrogen) atoms. The second kappa shape index (κ2) is 9.93. The van der Waals surface area contributed by atoms with E-state index in [-0.39, 0.29) is 0 Å². The van der Waals surface area contributed by atoms with Gasteiger partial charge in [0.2, 0.25) is 0 Å². The van der Waals surface area contributed by atoms with E-state index in [9.17, 15) is 12.3 Å². The van der Waals surface area contributed by atoms with Crippen molar-refractivity contribution in [1.29, 1.82) is 0 Å². The van der Waals surface area contributed by atoms with Gasteiger partial charge in [0.05, 0.1) is 38.4 Å². The maximum Gasteiger partial charge on any atom is 0.0636 e. The first kappa shape index (κ1) is 9.64. The zero-order valence-electron chi connectivity index (χ0n) is 50.0. The van der Waals surface area contributed by atoms with Crippen molar-refractivity contribution in [2.24, 2.45) is 0 Å². The molecule has 0 N–H and O–H groups in total. The molecule has 0 bridgehead atoms. The number of fused-ring (bicyclic) bond motifs is 6. The molecule has 9 rings (SSSR count). The molecule has 9 aromatic carbocycles. The van der Waals surface area contributed by atoms with Gasteiger partial charge in [-0.1, -0.05) is 151 Å². The molecule has 0 aliphatic heterocycles. The third-order valence-electron chi connectivity index (χ3n) is 7.12. The largest absolute Gasteiger partial charge is 0.0636 e. The highest BCUT2D eigenvalue weighted by atomic mass is 14.2. The van der Waals surface area contributed by atoms with Crippen molar-refractivity contribution in [3.63, 3.8) is 0 Å². The van der Waals surface area contributed by atoms with Crippen molar-refractivity contribution < 1.29 is 38.4 Å². The molecule has 0 aliphatic rings. The molecule has 0 fully saturated rings. The van der Waals surface area contributed by atoms with E-state index in [1.54, 1.807) is 0 Å². The lowest BCUT2D eigenvalue weighted by atomic mass is 9.82. The summed E-state index contributed by atoms with van der Waals surface area (Å²) in [4.78, 5) is 0. The highest BCUT2D eigenvalue weighted by molar-refractivity contribution is 6.26. The lowest BCUT2D eigenvalue weighted by Gasteiger charge is -2.20. The number of rotatable bonds is 3. The van der Waals surface area contributed by atoms with Crippen LogP contribution in [0.2, 0.25) is 0 Å². The molecule has 0 aromatic heterocycles. The second-order valence-corrected chi connectivity index (χ2v) is 9.50. The zero-order chi connectivity index (χ0) is 53.4. The predicted molar refractivity (Wildman–Crippen MR) is 190 cm³/mol. The van der Waals surface area contributed by atoms with Crippen LogP contribution in [0, 0.1) is 0 Å². The fourth-order valence-corrected chi connectivity index (χ4v) is 5.28. The van der Waals surface area contributed by atoms with Crippen LogP contribution in [0.15, 0.2) is 169 Å². The molecule has 0 atom stereocenters. The molecule has 0 heteroatoms. The quantitative estimate of drug-likeness (QED) is 0.143. The monoisotopic (exact) mass is 584 g/mol. The van der Waals surface area contributed by atoms with Gasteiger partial charge >= 0.3 is 0 Å². The van der Waals surface area contributed by atoms with Gasteiger partial charge in [0.1, 0.15) is 0 Å². The van der Waals surface area contributed by atoms with Gasteiger partial charge in [0.25, 0.3) is 0 Å². The molecular weight excluding hydrogens is 528 g/mol. The third-order valence-corrected chi connectivity index (χ3v) is 7.12. The molecule has 0 amide bonds. The predicted octanol–water partition coefficient (Wildman–Crippen LogP) is 12.5. The van der Waals surface area contributed by atoms with E-state index in [0.717, 1.165) is 0 Å². The van der Waals surface area contributed by atoms with E-state index in [1.807, 2.05) is 0 Å². The number of hydrogen-bond donors (Lipinski definition) is 0. The maximum atomic E-state index is 10.1. The van der Waals surface area contributed by atoms with Crippen LogP contribution >= 0.6 is 0 Å². The SMILES string of the molecule is [2H]c1c([2H])c([2H])c(-c2c([2H])c([2H])c3c(-c4c([2H])c([2H])c5c([2H])c([2H])c([2H])c([2H])c5c4[2H])c4c([2H])c([2H])c([2H])c([2H])c4c(-c4c([2H])c5c([2H])c([2H])c([2H])c([2H])c5c5c([2H])c([2H])c([2H])c([2H])c45)c3c2[2H])c([2H])c1[2H]. The Hall–Kier alpha value is -5.72. The molecule has 0 nitrogen and oxygen atoms in total. The fraction of sp³-hybridized carbons (Fsp3) is 0. The van der Waals surface area contributed by atoms with Gasteiger partial charge in [-0.15, -0.1) is 0 Å². The Kier molecular flexibility index (Phi) is 2.18. The van der Waals surface area contributed by atoms with E-state index in [4.69, 9.17) is 26.0 Å². The van der Waals surface area contributed by atoms with Gasteiger partial charge in [-0.3, -0.25) is 0 Å². The Morgan fingerprint density at radius 3 is 1.64 bits per heavy atom. The lowest BCUT2D eigenvalue weighted by Crippen LogP contribution is -1.93. The normalized spacial score (nSPS) is 20.5. The Balaban J connectivity index is 1.76. The van der Waals surface area contributed by atoms with Gasteiger partial charge < -0.3 is 0 Å². The minimum atomic E-state index is -1.12. The van der Waals surface area contributed by atoms with E-state index >= 15 is 0 Å². The lowest BCUT2D eigenvalue weighted by molar-refractivity contribution is 1.64. The van der Waals surface area contributed by atoms with Gasteiger partial charge in [0.15, 0.2) is 0 Å². The number of benzene rings is 9. The highest BCUT2D eigenvalue weighted by Crippen LogP contribution is 2.47. The highest BCUT2D eigenvalue weighted by Gasteiger charge is 2.20. The van der Waals surface area contributed by atoms with Gasteiger partial charge in [-0.2, -0.15) is 0 Å². The molecule has 0 radical (unpaired) electrons. The van der Waals surface area contributed by atoms with Crippen molar-refractivity contribution in [3.05, 3.63) is 169 Å². The molecule has 0 unspecified atom stereocenters. The van der Waals surface area contributed by atoms with E-state index in [2.05, 4.69) is 0 Å². The Morgan fingerprint density at radius 2 is 0.841 bits per heavy atom. The van der Waals surface area contributed by atoms with Crippen LogP contribution < -0.4 is 0 Å². The van der Waals surface area contributed by atoms with Crippen molar-refractivity contribution in [3.8, 4) is 33.4 Å². The van der Waals surface area contributed by atoms with Gasteiger partial charge in [0, 0.05) is 0 Å². The first-order valence-corrected chi connectivity index (χ1v) is 13.0. The summed E-state index contributed by atoms with van der Waals surface area (Å²) in [5.41, 5.74) is -5.03. The summed E-state index contributed by atoms with van der Waals surface area (Å²) in [6.45, 7) is 0. The smallest absolute Gasteiger partial charge is 0.0622 e. The standard InChI is InChI=1S/C44H28/c1-2-12-29(13-3-1)32-24-25-40-42(27-32)44(41-28-33-16-6-7-17-35(33)36-18-8-9-19-37(36)41)39-21-11-10-20-38(39)43(40)34-23-22-30-14-4-5-15-31(30)26-34/h1-28H/i1D,2D,3D,4D,5D,6D,7D,8D,9D,10D,11D,12D,13D,14D,15D,16D,17D,18D,19D,20D,21D,22D,23D,24D,25D,26D,27D,28D. The molecule has 0 saturated heterocycles. The Morgan fingerprint density at radius 1 is 0.273 bits per heavy atom. The summed E-state index contributed by atoms with van der Waals surface area (Å²) < 4.78 is 253. The first-order valence-electron chi connectivity index (χ1n) is 27.0. The van der Waals surface area contributed by atoms with Crippen molar-refractivity contribution in [2.45, 2.75) is 0 Å². The van der Waals surface area contributed by atoms with Crippen LogP contribution in [0.5, 0.6) is 0 Å². The summed E-state index contributed by atoms with van der Waals surface area (Å²) in [6.07, 6.45) is 0. The van der Waals surface area contributed by atoms with E-state index in [0.29, 0.717) is 0 Å². The maximum absolute atomic E-state index is 10.1. The average Bonchev–Trinajstić information content (AvgIpc) is 3.35. The molecule has 0 aliphatic carbocycles. The molecule has 9 aromatic rings. The van der Waals surface area contributed by atoms with Gasteiger partial charge in [-0.05, 0) is 105 Å². The Labute approximate surface area is 295 Å². The minimum Gasteiger partial charge on any atom is -0.0622 e. The van der Waals surface area contributed by atoms with Crippen LogP contribution in [0.4, 0.5) is 0 Å². The zero-order valence-corrected chi connectivity index (χ0v) is 22.0. The molecule has 0 saturated carbocycles. The second-order valence-electron chi connectivity index (χ2n) is 9.50. The van der Waals surface area contributed by atoms with Crippen molar-refractivity contribution in [2.75, 3.05) is 0 Å². The summed E-state index contributed by atoms with van der Waals surface area (Å²) in [6, 6.07) is -27.2. The van der Waals surface area contributed by atoms with Crippen LogP contribution in [-0.4, -0.2) is 0 Å². The van der Waals surface area contributed by atoms with Crippen LogP contribution in [-0.2, 0) is 0 Å². The van der Waals surface area contributed by atoms with Crippen LogP contribution in [0.3, 0.4) is 0 Å². The van der Waals surface area contributed by atoms with Crippen molar-refractivity contribution in [1.82, 2.24) is 0 Å². The molecule has 0 heterocycles. The van der Waals surface area contributed by atoms with Gasteiger partial charge in [-0.25, -0.2) is 0 Å². The van der Waals surface area contributed by atoms with E-state index in [1.165, 1.54) is 0 Å².